The zero-order chi connectivity index (χ0) is 8.15. The number of hydrogen-bond donors (Lipinski definition) is 2. The van der Waals surface area contributed by atoms with Crippen LogP contribution < -0.4 is 0 Å². The van der Waals surface area contributed by atoms with Gasteiger partial charge in [0.2, 0.25) is 0 Å². The normalized spacial score (nSPS) is 11.2. The van der Waals surface area contributed by atoms with Crippen LogP contribution in [0.15, 0.2) is 11.6 Å². The van der Waals surface area contributed by atoms with Crippen molar-refractivity contribution in [1.29, 1.82) is 0 Å². The molecule has 0 aliphatic rings. The van der Waals surface area contributed by atoms with Crippen molar-refractivity contribution in [3.05, 3.63) is 11.6 Å². The maximum Gasteiger partial charge on any atom is 0.328 e. The smallest absolute Gasteiger partial charge is 0.328 e. The van der Waals surface area contributed by atoms with E-state index in [1.54, 1.807) is 0 Å². The number of carbonyl (C=O) groups is 2. The number of rotatable bonds is 3. The average molecular weight is 144 g/mol. The molecule has 0 atom stereocenters. The van der Waals surface area contributed by atoms with Gasteiger partial charge in [-0.05, 0) is 6.92 Å². The molecule has 4 nitrogen and oxygen atoms in total. The van der Waals surface area contributed by atoms with Gasteiger partial charge in [0.05, 0.1) is 6.61 Å². The molecule has 0 aromatic rings. The molecule has 0 spiro atoms. The van der Waals surface area contributed by atoms with Gasteiger partial charge in [0.25, 0.3) is 0 Å². The van der Waals surface area contributed by atoms with Crippen LogP contribution in [-0.2, 0) is 9.59 Å². The molecule has 0 aliphatic heterocycles. The second kappa shape index (κ2) is 3.79. The van der Waals surface area contributed by atoms with Crippen molar-refractivity contribution in [2.45, 2.75) is 6.92 Å². The van der Waals surface area contributed by atoms with E-state index >= 15 is 0 Å². The minimum Gasteiger partial charge on any atom is -0.478 e. The van der Waals surface area contributed by atoms with Gasteiger partial charge in [-0.15, -0.1) is 0 Å². The molecule has 0 unspecified atom stereocenters. The van der Waals surface area contributed by atoms with E-state index in [1.807, 2.05) is 0 Å². The van der Waals surface area contributed by atoms with Gasteiger partial charge in [0, 0.05) is 11.6 Å². The Bertz CT molecular complexity index is 180. The lowest BCUT2D eigenvalue weighted by atomic mass is 10.2. The van der Waals surface area contributed by atoms with E-state index in [9.17, 15) is 9.59 Å². The summed E-state index contributed by atoms with van der Waals surface area (Å²) in [5, 5.41) is 16.5. The molecule has 0 bridgehead atoms. The Kier molecular flexibility index (Phi) is 3.35. The Morgan fingerprint density at radius 3 is 2.10 bits per heavy atom. The van der Waals surface area contributed by atoms with Crippen LogP contribution in [0.2, 0.25) is 0 Å². The van der Waals surface area contributed by atoms with Crippen molar-refractivity contribution < 1.29 is 19.8 Å². The summed E-state index contributed by atoms with van der Waals surface area (Å²) in [6.45, 7) is 0.673. The molecule has 10 heavy (non-hydrogen) atoms. The molecule has 56 valence electrons. The molecule has 0 aromatic carbocycles. The molecule has 0 amide bonds. The first-order valence-corrected chi connectivity index (χ1v) is 2.63. The van der Waals surface area contributed by atoms with Gasteiger partial charge in [-0.2, -0.15) is 0 Å². The number of ketones is 1. The quantitative estimate of drug-likeness (QED) is 0.527. The maximum atomic E-state index is 10.4. The van der Waals surface area contributed by atoms with Gasteiger partial charge in [-0.3, -0.25) is 4.79 Å². The van der Waals surface area contributed by atoms with Gasteiger partial charge < -0.3 is 10.2 Å². The van der Waals surface area contributed by atoms with Crippen molar-refractivity contribution in [2.75, 3.05) is 6.61 Å². The zero-order valence-electron chi connectivity index (χ0n) is 5.50. The van der Waals surface area contributed by atoms with Crippen LogP contribution in [0.25, 0.3) is 0 Å². The summed E-state index contributed by atoms with van der Waals surface area (Å²) in [5.74, 6) is -1.65. The summed E-state index contributed by atoms with van der Waals surface area (Å²) in [7, 11) is 0. The first-order chi connectivity index (χ1) is 4.57. The Labute approximate surface area is 57.8 Å². The Morgan fingerprint density at radius 1 is 1.50 bits per heavy atom. The number of carbonyl (C=O) groups excluding carboxylic acids is 1. The topological polar surface area (TPSA) is 74.6 Å². The highest BCUT2D eigenvalue weighted by Gasteiger charge is 2.03. The highest BCUT2D eigenvalue weighted by molar-refractivity contribution is 5.98. The fourth-order valence-electron chi connectivity index (χ4n) is 0.408. The number of carboxylic acids is 1. The van der Waals surface area contributed by atoms with E-state index in [1.165, 1.54) is 6.92 Å². The summed E-state index contributed by atoms with van der Waals surface area (Å²) >= 11 is 0. The van der Waals surface area contributed by atoms with E-state index in [0.717, 1.165) is 0 Å². The molecular weight excluding hydrogens is 136 g/mol. The van der Waals surface area contributed by atoms with E-state index in [2.05, 4.69) is 0 Å². The molecule has 0 saturated carbocycles. The number of Topliss-reactive ketones (excluding diaryl/α,β-unsaturated/α-hetero) is 1. The lowest BCUT2D eigenvalue weighted by molar-refractivity contribution is -0.131. The largest absolute Gasteiger partial charge is 0.478 e. The van der Waals surface area contributed by atoms with E-state index in [4.69, 9.17) is 10.2 Å². The number of carboxylic acid groups (broad SMARTS) is 1. The average Bonchev–Trinajstić information content (AvgIpc) is 1.81. The summed E-state index contributed by atoms with van der Waals surface area (Å²) in [4.78, 5) is 20.4. The Morgan fingerprint density at radius 2 is 2.00 bits per heavy atom. The summed E-state index contributed by atoms with van der Waals surface area (Å²) < 4.78 is 0. The minimum atomic E-state index is -1.22. The van der Waals surface area contributed by atoms with Gasteiger partial charge in [-0.1, -0.05) is 0 Å². The molecule has 0 radical (unpaired) electrons. The molecule has 0 rings (SSSR count). The molecule has 4 heteroatoms. The SMILES string of the molecule is CC(=O)C(=CC(=O)O)CO. The lowest BCUT2D eigenvalue weighted by Gasteiger charge is -1.93. The number of aliphatic hydroxyl groups is 1. The third-order valence-electron chi connectivity index (χ3n) is 0.920. The first kappa shape index (κ1) is 8.84. The van der Waals surface area contributed by atoms with Crippen LogP contribution in [-0.4, -0.2) is 28.6 Å². The molecular formula is C6H8O4. The van der Waals surface area contributed by atoms with Crippen LogP contribution >= 0.6 is 0 Å². The molecule has 0 aromatic heterocycles. The lowest BCUT2D eigenvalue weighted by Crippen LogP contribution is -2.04. The summed E-state index contributed by atoms with van der Waals surface area (Å²) in [6.07, 6.45) is 0.697. The summed E-state index contributed by atoms with van der Waals surface area (Å²) in [6, 6.07) is 0. The van der Waals surface area contributed by atoms with Gasteiger partial charge in [0.15, 0.2) is 5.78 Å². The van der Waals surface area contributed by atoms with Crippen LogP contribution in [0.1, 0.15) is 6.92 Å². The number of aliphatic hydroxyl groups excluding tert-OH is 1. The predicted octanol–water partition coefficient (Wildman–Crippen LogP) is -0.421. The van der Waals surface area contributed by atoms with E-state index in [0.29, 0.717) is 6.08 Å². The predicted molar refractivity (Wildman–Crippen MR) is 33.5 cm³/mol. The Balaban J connectivity index is 4.34. The molecule has 2 N–H and O–H groups in total. The monoisotopic (exact) mass is 144 g/mol. The van der Waals surface area contributed by atoms with Crippen molar-refractivity contribution in [2.24, 2.45) is 0 Å². The number of aliphatic carboxylic acids is 1. The third kappa shape index (κ3) is 2.99. The second-order valence-corrected chi connectivity index (χ2v) is 1.72. The fraction of sp³-hybridized carbons (Fsp3) is 0.333. The molecule has 0 heterocycles. The molecule has 0 saturated heterocycles. The van der Waals surface area contributed by atoms with Crippen LogP contribution in [0.4, 0.5) is 0 Å². The molecule has 0 aliphatic carbocycles. The highest BCUT2D eigenvalue weighted by atomic mass is 16.4. The zero-order valence-corrected chi connectivity index (χ0v) is 5.50. The van der Waals surface area contributed by atoms with Crippen LogP contribution in [0.5, 0.6) is 0 Å². The van der Waals surface area contributed by atoms with Crippen LogP contribution in [0, 0.1) is 0 Å². The van der Waals surface area contributed by atoms with Gasteiger partial charge >= 0.3 is 5.97 Å². The van der Waals surface area contributed by atoms with Crippen molar-refractivity contribution in [3.8, 4) is 0 Å². The van der Waals surface area contributed by atoms with Gasteiger partial charge in [0.1, 0.15) is 0 Å². The van der Waals surface area contributed by atoms with Crippen molar-refractivity contribution in [1.82, 2.24) is 0 Å². The standard InChI is InChI=1S/C6H8O4/c1-4(8)5(3-7)2-6(9)10/h2,7H,3H2,1H3,(H,9,10). The maximum absolute atomic E-state index is 10.4. The molecule has 0 fully saturated rings. The minimum absolute atomic E-state index is 0.0903. The van der Waals surface area contributed by atoms with E-state index in [-0.39, 0.29) is 5.57 Å². The van der Waals surface area contributed by atoms with E-state index < -0.39 is 18.4 Å². The van der Waals surface area contributed by atoms with Gasteiger partial charge in [-0.25, -0.2) is 4.79 Å². The Hall–Kier alpha value is -1.16. The summed E-state index contributed by atoms with van der Waals surface area (Å²) in [5.41, 5.74) is -0.0903. The second-order valence-electron chi connectivity index (χ2n) is 1.72. The van der Waals surface area contributed by atoms with Crippen molar-refractivity contribution in [3.63, 3.8) is 0 Å². The first-order valence-electron chi connectivity index (χ1n) is 2.63. The number of hydrogen-bond acceptors (Lipinski definition) is 3. The van der Waals surface area contributed by atoms with Crippen molar-refractivity contribution >= 4 is 11.8 Å². The van der Waals surface area contributed by atoms with Crippen LogP contribution in [0.3, 0.4) is 0 Å². The fourth-order valence-corrected chi connectivity index (χ4v) is 0.408. The highest BCUT2D eigenvalue weighted by Crippen LogP contribution is 1.93. The third-order valence-corrected chi connectivity index (χ3v) is 0.920.